The zero-order valence-electron chi connectivity index (χ0n) is 12.2. The van der Waals surface area contributed by atoms with Gasteiger partial charge in [0.15, 0.2) is 0 Å². The Labute approximate surface area is 120 Å². The maximum atomic E-state index is 11.9. The van der Waals surface area contributed by atoms with Crippen LogP contribution in [0.5, 0.6) is 5.75 Å². The lowest BCUT2D eigenvalue weighted by Crippen LogP contribution is -2.32. The molecule has 1 aromatic rings. The minimum Gasteiger partial charge on any atom is -0.497 e. The first-order valence-electron chi connectivity index (χ1n) is 7.21. The van der Waals surface area contributed by atoms with E-state index in [9.17, 15) is 4.79 Å². The third-order valence-electron chi connectivity index (χ3n) is 3.71. The maximum absolute atomic E-state index is 11.9. The molecule has 1 aliphatic heterocycles. The number of amides is 1. The fraction of sp³-hybridized carbons (Fsp3) is 0.562. The van der Waals surface area contributed by atoms with Gasteiger partial charge in [0.05, 0.1) is 13.2 Å². The van der Waals surface area contributed by atoms with E-state index in [2.05, 4.69) is 12.2 Å². The highest BCUT2D eigenvalue weighted by Gasteiger charge is 2.17. The molecule has 0 radical (unpaired) electrons. The number of hydrogen-bond donors (Lipinski definition) is 1. The van der Waals surface area contributed by atoms with E-state index in [4.69, 9.17) is 9.47 Å². The van der Waals surface area contributed by atoms with E-state index in [0.717, 1.165) is 30.8 Å². The monoisotopic (exact) mass is 277 g/mol. The summed E-state index contributed by atoms with van der Waals surface area (Å²) in [7, 11) is 1.65. The van der Waals surface area contributed by atoms with Crippen molar-refractivity contribution in [3.8, 4) is 5.75 Å². The third-order valence-corrected chi connectivity index (χ3v) is 3.71. The Bertz CT molecular complexity index is 441. The Morgan fingerprint density at radius 1 is 1.55 bits per heavy atom. The molecule has 1 heterocycles. The SMILES string of the molecule is COc1cccc(C(C)CC(=O)NCC2CCCO2)c1. The van der Waals surface area contributed by atoms with E-state index in [0.29, 0.717) is 13.0 Å². The van der Waals surface area contributed by atoms with Crippen LogP contribution >= 0.6 is 0 Å². The number of carbonyl (C=O) groups excluding carboxylic acids is 1. The van der Waals surface area contributed by atoms with Gasteiger partial charge in [0, 0.05) is 19.6 Å². The fourth-order valence-corrected chi connectivity index (χ4v) is 2.45. The lowest BCUT2D eigenvalue weighted by Gasteiger charge is -2.15. The first-order valence-corrected chi connectivity index (χ1v) is 7.21. The average Bonchev–Trinajstić information content (AvgIpc) is 2.98. The van der Waals surface area contributed by atoms with Crippen molar-refractivity contribution in [3.05, 3.63) is 29.8 Å². The molecule has 20 heavy (non-hydrogen) atoms. The lowest BCUT2D eigenvalue weighted by molar-refractivity contribution is -0.121. The van der Waals surface area contributed by atoms with Gasteiger partial charge in [-0.1, -0.05) is 19.1 Å². The molecule has 2 atom stereocenters. The van der Waals surface area contributed by atoms with Gasteiger partial charge in [-0.25, -0.2) is 0 Å². The first-order chi connectivity index (χ1) is 9.69. The summed E-state index contributed by atoms with van der Waals surface area (Å²) in [6.07, 6.45) is 2.83. The third kappa shape index (κ3) is 4.23. The molecule has 2 rings (SSSR count). The van der Waals surface area contributed by atoms with E-state index in [1.165, 1.54) is 0 Å². The van der Waals surface area contributed by atoms with E-state index >= 15 is 0 Å². The van der Waals surface area contributed by atoms with Crippen LogP contribution in [-0.2, 0) is 9.53 Å². The second-order valence-electron chi connectivity index (χ2n) is 5.32. The van der Waals surface area contributed by atoms with Crippen molar-refractivity contribution in [2.24, 2.45) is 0 Å². The van der Waals surface area contributed by atoms with Crippen molar-refractivity contribution in [2.75, 3.05) is 20.3 Å². The molecule has 0 bridgehead atoms. The van der Waals surface area contributed by atoms with Gasteiger partial charge in [-0.05, 0) is 36.5 Å². The Morgan fingerprint density at radius 2 is 2.40 bits per heavy atom. The molecule has 110 valence electrons. The smallest absolute Gasteiger partial charge is 0.220 e. The molecule has 1 saturated heterocycles. The van der Waals surface area contributed by atoms with E-state index < -0.39 is 0 Å². The van der Waals surface area contributed by atoms with Crippen LogP contribution in [0.15, 0.2) is 24.3 Å². The van der Waals surface area contributed by atoms with Gasteiger partial charge in [-0.15, -0.1) is 0 Å². The highest BCUT2D eigenvalue weighted by atomic mass is 16.5. The van der Waals surface area contributed by atoms with Crippen molar-refractivity contribution in [3.63, 3.8) is 0 Å². The number of carbonyl (C=O) groups is 1. The molecule has 1 N–H and O–H groups in total. The summed E-state index contributed by atoms with van der Waals surface area (Å²) in [4.78, 5) is 11.9. The van der Waals surface area contributed by atoms with Crippen LogP contribution in [-0.4, -0.2) is 32.3 Å². The number of rotatable bonds is 6. The van der Waals surface area contributed by atoms with Gasteiger partial charge in [0.2, 0.25) is 5.91 Å². The van der Waals surface area contributed by atoms with Crippen molar-refractivity contribution >= 4 is 5.91 Å². The zero-order chi connectivity index (χ0) is 14.4. The van der Waals surface area contributed by atoms with Crippen LogP contribution in [0.25, 0.3) is 0 Å². The standard InChI is InChI=1S/C16H23NO3/c1-12(13-5-3-6-14(10-13)19-2)9-16(18)17-11-15-7-4-8-20-15/h3,5-6,10,12,15H,4,7-9,11H2,1-2H3,(H,17,18). The molecular weight excluding hydrogens is 254 g/mol. The summed E-state index contributed by atoms with van der Waals surface area (Å²) in [6, 6.07) is 7.88. The van der Waals surface area contributed by atoms with Crippen molar-refractivity contribution in [2.45, 2.75) is 38.2 Å². The van der Waals surface area contributed by atoms with Gasteiger partial charge < -0.3 is 14.8 Å². The second kappa shape index (κ2) is 7.29. The molecule has 1 amide bonds. The molecule has 0 aliphatic carbocycles. The number of ether oxygens (including phenoxy) is 2. The quantitative estimate of drug-likeness (QED) is 0.869. The number of nitrogens with one attached hydrogen (secondary N) is 1. The number of benzene rings is 1. The number of methoxy groups -OCH3 is 1. The molecular formula is C16H23NO3. The van der Waals surface area contributed by atoms with Crippen LogP contribution < -0.4 is 10.1 Å². The predicted octanol–water partition coefficient (Wildman–Crippen LogP) is 2.48. The van der Waals surface area contributed by atoms with Crippen LogP contribution in [0.2, 0.25) is 0 Å². The Hall–Kier alpha value is -1.55. The van der Waals surface area contributed by atoms with Crippen LogP contribution in [0, 0.1) is 0 Å². The molecule has 0 spiro atoms. The van der Waals surface area contributed by atoms with Crippen molar-refractivity contribution in [1.82, 2.24) is 5.32 Å². The van der Waals surface area contributed by atoms with Gasteiger partial charge in [0.25, 0.3) is 0 Å². The molecule has 1 aliphatic rings. The summed E-state index contributed by atoms with van der Waals surface area (Å²) in [5.74, 6) is 1.08. The molecule has 1 aromatic carbocycles. The maximum Gasteiger partial charge on any atom is 0.220 e. The highest BCUT2D eigenvalue weighted by molar-refractivity contribution is 5.76. The topological polar surface area (TPSA) is 47.6 Å². The predicted molar refractivity (Wildman–Crippen MR) is 78.0 cm³/mol. The van der Waals surface area contributed by atoms with Crippen LogP contribution in [0.3, 0.4) is 0 Å². The summed E-state index contributed by atoms with van der Waals surface area (Å²) in [6.45, 7) is 3.50. The molecule has 2 unspecified atom stereocenters. The van der Waals surface area contributed by atoms with Gasteiger partial charge >= 0.3 is 0 Å². The zero-order valence-corrected chi connectivity index (χ0v) is 12.2. The van der Waals surface area contributed by atoms with Crippen molar-refractivity contribution < 1.29 is 14.3 Å². The van der Waals surface area contributed by atoms with Crippen LogP contribution in [0.4, 0.5) is 0 Å². The van der Waals surface area contributed by atoms with Crippen LogP contribution in [0.1, 0.15) is 37.7 Å². The Kier molecular flexibility index (Phi) is 5.41. The minimum atomic E-state index is 0.0795. The number of hydrogen-bond acceptors (Lipinski definition) is 3. The Balaban J connectivity index is 1.80. The van der Waals surface area contributed by atoms with Crippen molar-refractivity contribution in [1.29, 1.82) is 0 Å². The molecule has 0 aromatic heterocycles. The fourth-order valence-electron chi connectivity index (χ4n) is 2.45. The van der Waals surface area contributed by atoms with E-state index in [1.807, 2.05) is 24.3 Å². The molecule has 0 saturated carbocycles. The summed E-state index contributed by atoms with van der Waals surface area (Å²) >= 11 is 0. The second-order valence-corrected chi connectivity index (χ2v) is 5.32. The summed E-state index contributed by atoms with van der Waals surface area (Å²) in [5, 5.41) is 2.96. The molecule has 4 heteroatoms. The minimum absolute atomic E-state index is 0.0795. The van der Waals surface area contributed by atoms with E-state index in [1.54, 1.807) is 7.11 Å². The van der Waals surface area contributed by atoms with Gasteiger partial charge in [-0.3, -0.25) is 4.79 Å². The van der Waals surface area contributed by atoms with Gasteiger partial charge in [0.1, 0.15) is 5.75 Å². The molecule has 1 fully saturated rings. The average molecular weight is 277 g/mol. The summed E-state index contributed by atoms with van der Waals surface area (Å²) in [5.41, 5.74) is 1.12. The Morgan fingerprint density at radius 3 is 3.10 bits per heavy atom. The highest BCUT2D eigenvalue weighted by Crippen LogP contribution is 2.23. The lowest BCUT2D eigenvalue weighted by atomic mass is 9.97. The normalized spacial score (nSPS) is 19.6. The largest absolute Gasteiger partial charge is 0.497 e. The molecule has 4 nitrogen and oxygen atoms in total. The van der Waals surface area contributed by atoms with E-state index in [-0.39, 0.29) is 17.9 Å². The van der Waals surface area contributed by atoms with Gasteiger partial charge in [-0.2, -0.15) is 0 Å². The summed E-state index contributed by atoms with van der Waals surface area (Å²) < 4.78 is 10.7. The first kappa shape index (κ1) is 14.9.